The molecule has 0 aromatic heterocycles. The number of ether oxygens (including phenoxy) is 1. The lowest BCUT2D eigenvalue weighted by Crippen LogP contribution is -2.37. The molecule has 0 bridgehead atoms. The largest absolute Gasteiger partial charge is 0.455 e. The maximum atomic E-state index is 12.2. The van der Waals surface area contributed by atoms with E-state index in [-0.39, 0.29) is 25.5 Å². The van der Waals surface area contributed by atoms with Crippen LogP contribution in [0.4, 0.5) is 5.69 Å². The number of amides is 2. The molecule has 0 spiro atoms. The van der Waals surface area contributed by atoms with Crippen LogP contribution in [0.2, 0.25) is 0 Å². The zero-order chi connectivity index (χ0) is 20.8. The summed E-state index contributed by atoms with van der Waals surface area (Å²) >= 11 is 0. The number of esters is 1. The van der Waals surface area contributed by atoms with Gasteiger partial charge in [-0.15, -0.1) is 0 Å². The summed E-state index contributed by atoms with van der Waals surface area (Å²) in [6.07, 6.45) is 3.43. The normalized spacial score (nSPS) is 12.2. The van der Waals surface area contributed by atoms with Crippen molar-refractivity contribution in [1.82, 2.24) is 4.90 Å². The summed E-state index contributed by atoms with van der Waals surface area (Å²) < 4.78 is 5.10. The number of likely N-dealkylation sites (N-methyl/N-ethyl adjacent to an activating group) is 1. The molecule has 0 saturated heterocycles. The van der Waals surface area contributed by atoms with E-state index in [9.17, 15) is 14.4 Å². The average Bonchev–Trinajstić information content (AvgIpc) is 3.15. The highest BCUT2D eigenvalue weighted by molar-refractivity contribution is 5.94. The lowest BCUT2D eigenvalue weighted by Gasteiger charge is -2.17. The molecule has 0 saturated carbocycles. The molecule has 152 valence electrons. The number of hydrogen-bond donors (Lipinski definition) is 1. The Morgan fingerprint density at radius 2 is 1.76 bits per heavy atom. The first-order valence-electron chi connectivity index (χ1n) is 9.77. The fourth-order valence-corrected chi connectivity index (χ4v) is 3.35. The van der Waals surface area contributed by atoms with Crippen molar-refractivity contribution in [2.45, 2.75) is 32.6 Å². The summed E-state index contributed by atoms with van der Waals surface area (Å²) in [5, 5.41) is 2.73. The van der Waals surface area contributed by atoms with Gasteiger partial charge < -0.3 is 15.0 Å². The molecule has 0 heterocycles. The fraction of sp³-hybridized carbons (Fsp3) is 0.348. The van der Waals surface area contributed by atoms with E-state index >= 15 is 0 Å². The molecule has 2 amide bonds. The molecule has 2 aromatic rings. The maximum Gasteiger partial charge on any atom is 0.310 e. The summed E-state index contributed by atoms with van der Waals surface area (Å²) in [6, 6.07) is 13.4. The van der Waals surface area contributed by atoms with Crippen molar-refractivity contribution in [2.75, 3.05) is 25.5 Å². The maximum absolute atomic E-state index is 12.2. The van der Waals surface area contributed by atoms with Gasteiger partial charge in [0.05, 0.1) is 13.0 Å². The second-order valence-corrected chi connectivity index (χ2v) is 7.46. The summed E-state index contributed by atoms with van der Waals surface area (Å²) in [7, 11) is 1.51. The third-order valence-electron chi connectivity index (χ3n) is 5.01. The van der Waals surface area contributed by atoms with Crippen LogP contribution in [0.3, 0.4) is 0 Å². The molecule has 6 nitrogen and oxygen atoms in total. The van der Waals surface area contributed by atoms with Crippen molar-refractivity contribution in [1.29, 1.82) is 0 Å². The Kier molecular flexibility index (Phi) is 6.65. The standard InChI is InChI=1S/C23H26N2O4/c1-16-6-10-20(11-7-16)24-21(26)14-25(2)22(27)15-29-23(28)13-17-8-9-18-4-3-5-19(18)12-17/h6-12H,3-5,13-15H2,1-2H3,(H,24,26). The molecule has 2 aromatic carbocycles. The number of aryl methyl sites for hydroxylation is 3. The van der Waals surface area contributed by atoms with E-state index in [4.69, 9.17) is 4.74 Å². The molecule has 6 heteroatoms. The van der Waals surface area contributed by atoms with Gasteiger partial charge in [0, 0.05) is 12.7 Å². The first-order valence-corrected chi connectivity index (χ1v) is 9.77. The van der Waals surface area contributed by atoms with E-state index < -0.39 is 11.9 Å². The summed E-state index contributed by atoms with van der Waals surface area (Å²) in [6.45, 7) is 1.47. The van der Waals surface area contributed by atoms with Gasteiger partial charge in [0.1, 0.15) is 0 Å². The number of carbonyl (C=O) groups is 3. The quantitative estimate of drug-likeness (QED) is 0.733. The van der Waals surface area contributed by atoms with Gasteiger partial charge in [-0.05, 0) is 55.0 Å². The molecule has 0 radical (unpaired) electrons. The Hall–Kier alpha value is -3.15. The van der Waals surface area contributed by atoms with E-state index in [1.807, 2.05) is 31.2 Å². The lowest BCUT2D eigenvalue weighted by atomic mass is 10.0. The number of carbonyl (C=O) groups excluding carboxylic acids is 3. The van der Waals surface area contributed by atoms with Crippen LogP contribution in [0, 0.1) is 6.92 Å². The molecule has 0 unspecified atom stereocenters. The predicted octanol–water partition coefficient (Wildman–Crippen LogP) is 2.67. The zero-order valence-corrected chi connectivity index (χ0v) is 16.9. The van der Waals surface area contributed by atoms with Crippen molar-refractivity contribution in [2.24, 2.45) is 0 Å². The monoisotopic (exact) mass is 394 g/mol. The minimum absolute atomic E-state index is 0.116. The molecule has 1 aliphatic rings. The van der Waals surface area contributed by atoms with Crippen LogP contribution in [0.1, 0.15) is 28.7 Å². The van der Waals surface area contributed by atoms with Crippen molar-refractivity contribution < 1.29 is 19.1 Å². The third kappa shape index (κ3) is 5.91. The van der Waals surface area contributed by atoms with Gasteiger partial charge in [-0.2, -0.15) is 0 Å². The van der Waals surface area contributed by atoms with Crippen LogP contribution >= 0.6 is 0 Å². The SMILES string of the molecule is Cc1ccc(NC(=O)CN(C)C(=O)COC(=O)Cc2ccc3c(c2)CCC3)cc1. The minimum Gasteiger partial charge on any atom is -0.455 e. The number of fused-ring (bicyclic) bond motifs is 1. The van der Waals surface area contributed by atoms with Gasteiger partial charge >= 0.3 is 5.97 Å². The van der Waals surface area contributed by atoms with Crippen LogP contribution in [0.5, 0.6) is 0 Å². The molecular formula is C23H26N2O4. The van der Waals surface area contributed by atoms with Crippen molar-refractivity contribution >= 4 is 23.5 Å². The van der Waals surface area contributed by atoms with E-state index in [1.165, 1.54) is 23.1 Å². The van der Waals surface area contributed by atoms with Crippen molar-refractivity contribution in [3.8, 4) is 0 Å². The third-order valence-corrected chi connectivity index (χ3v) is 5.01. The highest BCUT2D eigenvalue weighted by atomic mass is 16.5. The lowest BCUT2D eigenvalue weighted by molar-refractivity contribution is -0.151. The highest BCUT2D eigenvalue weighted by Crippen LogP contribution is 2.23. The molecule has 0 atom stereocenters. The van der Waals surface area contributed by atoms with Gasteiger partial charge in [0.15, 0.2) is 6.61 Å². The zero-order valence-electron chi connectivity index (χ0n) is 16.9. The van der Waals surface area contributed by atoms with Gasteiger partial charge in [-0.3, -0.25) is 14.4 Å². The summed E-state index contributed by atoms with van der Waals surface area (Å²) in [4.78, 5) is 37.5. The predicted molar refractivity (Wildman–Crippen MR) is 111 cm³/mol. The molecule has 1 N–H and O–H groups in total. The topological polar surface area (TPSA) is 75.7 Å². The highest BCUT2D eigenvalue weighted by Gasteiger charge is 2.16. The van der Waals surface area contributed by atoms with Crippen LogP contribution in [-0.2, 0) is 38.4 Å². The number of hydrogen-bond acceptors (Lipinski definition) is 4. The first-order chi connectivity index (χ1) is 13.9. The van der Waals surface area contributed by atoms with Crippen molar-refractivity contribution in [3.63, 3.8) is 0 Å². The number of rotatable bonds is 7. The fourth-order valence-electron chi connectivity index (χ4n) is 3.35. The van der Waals surface area contributed by atoms with Gasteiger partial charge in [0.2, 0.25) is 5.91 Å². The van der Waals surface area contributed by atoms with Gasteiger partial charge in [-0.25, -0.2) is 0 Å². The Morgan fingerprint density at radius 3 is 2.52 bits per heavy atom. The van der Waals surface area contributed by atoms with Crippen molar-refractivity contribution in [3.05, 3.63) is 64.7 Å². The Morgan fingerprint density at radius 1 is 1.03 bits per heavy atom. The summed E-state index contributed by atoms with van der Waals surface area (Å²) in [5.41, 5.74) is 5.31. The van der Waals surface area contributed by atoms with E-state index in [0.29, 0.717) is 5.69 Å². The Bertz CT molecular complexity index is 906. The minimum atomic E-state index is -0.450. The Balaban J connectivity index is 1.41. The Labute approximate surface area is 170 Å². The number of nitrogens with zero attached hydrogens (tertiary/aromatic N) is 1. The van der Waals surface area contributed by atoms with Crippen LogP contribution in [-0.4, -0.2) is 42.9 Å². The van der Waals surface area contributed by atoms with Crippen LogP contribution in [0.25, 0.3) is 0 Å². The smallest absolute Gasteiger partial charge is 0.310 e. The van der Waals surface area contributed by atoms with Crippen LogP contribution < -0.4 is 5.32 Å². The second kappa shape index (κ2) is 9.37. The first kappa shape index (κ1) is 20.6. The van der Waals surface area contributed by atoms with E-state index in [2.05, 4.69) is 11.4 Å². The summed E-state index contributed by atoms with van der Waals surface area (Å²) in [5.74, 6) is -1.19. The molecule has 29 heavy (non-hydrogen) atoms. The molecular weight excluding hydrogens is 368 g/mol. The molecule has 1 aliphatic carbocycles. The molecule has 0 fully saturated rings. The van der Waals surface area contributed by atoms with Gasteiger partial charge in [-0.1, -0.05) is 35.9 Å². The van der Waals surface area contributed by atoms with E-state index in [0.717, 1.165) is 30.4 Å². The van der Waals surface area contributed by atoms with Crippen LogP contribution in [0.15, 0.2) is 42.5 Å². The molecule has 0 aliphatic heterocycles. The van der Waals surface area contributed by atoms with E-state index in [1.54, 1.807) is 12.1 Å². The molecule has 3 rings (SSSR count). The number of benzene rings is 2. The second-order valence-electron chi connectivity index (χ2n) is 7.46. The number of anilines is 1. The average molecular weight is 394 g/mol. The van der Waals surface area contributed by atoms with Gasteiger partial charge in [0.25, 0.3) is 5.91 Å². The number of nitrogens with one attached hydrogen (secondary N) is 1.